The van der Waals surface area contributed by atoms with Gasteiger partial charge in [0.1, 0.15) is 0 Å². The second kappa shape index (κ2) is 7.45. The molecule has 2 N–H and O–H groups in total. The normalized spacial score (nSPS) is 22.4. The average Bonchev–Trinajstić information content (AvgIpc) is 2.90. The van der Waals surface area contributed by atoms with E-state index in [1.807, 2.05) is 24.9 Å². The lowest BCUT2D eigenvalue weighted by Crippen LogP contribution is -2.48. The van der Waals surface area contributed by atoms with Crippen LogP contribution in [-0.4, -0.2) is 52.8 Å². The highest BCUT2D eigenvalue weighted by Crippen LogP contribution is 2.23. The molecule has 23 heavy (non-hydrogen) atoms. The Morgan fingerprint density at radius 3 is 2.65 bits per heavy atom. The van der Waals surface area contributed by atoms with E-state index in [2.05, 4.69) is 36.3 Å². The molecule has 1 aliphatic heterocycles. The van der Waals surface area contributed by atoms with Gasteiger partial charge in [0.25, 0.3) is 0 Å². The van der Waals surface area contributed by atoms with Gasteiger partial charge in [-0.3, -0.25) is 9.89 Å². The number of carbonyl (C=O) groups is 1. The molecule has 0 aromatic carbocycles. The van der Waals surface area contributed by atoms with Crippen LogP contribution in [0.15, 0.2) is 6.20 Å². The van der Waals surface area contributed by atoms with Crippen LogP contribution in [0.4, 0.5) is 0 Å². The number of H-pyrrole nitrogens is 1. The van der Waals surface area contributed by atoms with E-state index < -0.39 is 0 Å². The molecule has 1 aromatic rings. The van der Waals surface area contributed by atoms with E-state index in [1.165, 1.54) is 5.56 Å². The standard InChI is InChI=1S/C17H30N4O2/c1-12-10-21(11-13(2)23-12)15(22)6-7-18-8-14-9-19-20-16(14)17(3,4)5/h9,12-13,18H,6-8,10-11H2,1-5H3,(H,19,20)/t12-,13+. The van der Waals surface area contributed by atoms with E-state index in [1.54, 1.807) is 0 Å². The zero-order chi connectivity index (χ0) is 17.0. The molecule has 1 aromatic heterocycles. The summed E-state index contributed by atoms with van der Waals surface area (Å²) >= 11 is 0. The molecule has 6 heteroatoms. The summed E-state index contributed by atoms with van der Waals surface area (Å²) in [5.41, 5.74) is 2.36. The van der Waals surface area contributed by atoms with Gasteiger partial charge in [-0.05, 0) is 13.8 Å². The minimum atomic E-state index is 0.0451. The second-order valence-corrected chi connectivity index (χ2v) is 7.50. The van der Waals surface area contributed by atoms with E-state index >= 15 is 0 Å². The van der Waals surface area contributed by atoms with Gasteiger partial charge in [-0.15, -0.1) is 0 Å². The Balaban J connectivity index is 1.75. The van der Waals surface area contributed by atoms with E-state index in [4.69, 9.17) is 4.74 Å². The van der Waals surface area contributed by atoms with Crippen LogP contribution < -0.4 is 5.32 Å². The maximum absolute atomic E-state index is 12.3. The van der Waals surface area contributed by atoms with Crippen molar-refractivity contribution in [3.63, 3.8) is 0 Å². The van der Waals surface area contributed by atoms with Crippen molar-refractivity contribution in [1.29, 1.82) is 0 Å². The monoisotopic (exact) mass is 322 g/mol. The number of hydrogen-bond acceptors (Lipinski definition) is 4. The van der Waals surface area contributed by atoms with Crippen molar-refractivity contribution in [2.75, 3.05) is 19.6 Å². The van der Waals surface area contributed by atoms with Gasteiger partial charge < -0.3 is 15.0 Å². The van der Waals surface area contributed by atoms with Gasteiger partial charge in [0.05, 0.1) is 18.4 Å². The fraction of sp³-hybridized carbons (Fsp3) is 0.765. The fourth-order valence-electron chi connectivity index (χ4n) is 3.05. The number of nitrogens with one attached hydrogen (secondary N) is 2. The number of morpholine rings is 1. The lowest BCUT2D eigenvalue weighted by molar-refractivity contribution is -0.143. The van der Waals surface area contributed by atoms with E-state index in [9.17, 15) is 4.79 Å². The van der Waals surface area contributed by atoms with Gasteiger partial charge in [-0.1, -0.05) is 20.8 Å². The third-order valence-corrected chi connectivity index (χ3v) is 4.07. The first-order valence-electron chi connectivity index (χ1n) is 8.44. The highest BCUT2D eigenvalue weighted by Gasteiger charge is 2.25. The summed E-state index contributed by atoms with van der Waals surface area (Å²) in [7, 11) is 0. The lowest BCUT2D eigenvalue weighted by Gasteiger charge is -2.35. The topological polar surface area (TPSA) is 70.2 Å². The Hall–Kier alpha value is -1.40. The van der Waals surface area contributed by atoms with Crippen molar-refractivity contribution in [2.24, 2.45) is 0 Å². The van der Waals surface area contributed by atoms with Crippen LogP contribution in [0.25, 0.3) is 0 Å². The van der Waals surface area contributed by atoms with Crippen molar-refractivity contribution in [3.8, 4) is 0 Å². The van der Waals surface area contributed by atoms with Crippen molar-refractivity contribution < 1.29 is 9.53 Å². The maximum atomic E-state index is 12.3. The summed E-state index contributed by atoms with van der Waals surface area (Å²) in [5, 5.41) is 10.6. The number of hydrogen-bond donors (Lipinski definition) is 2. The predicted octanol–water partition coefficient (Wildman–Crippen LogP) is 1.82. The van der Waals surface area contributed by atoms with E-state index in [-0.39, 0.29) is 23.5 Å². The summed E-state index contributed by atoms with van der Waals surface area (Å²) in [6.45, 7) is 13.3. The molecule has 0 aliphatic carbocycles. The first-order valence-corrected chi connectivity index (χ1v) is 8.44. The summed E-state index contributed by atoms with van der Waals surface area (Å²) < 4.78 is 5.67. The van der Waals surface area contributed by atoms with Crippen LogP contribution in [0.5, 0.6) is 0 Å². The van der Waals surface area contributed by atoms with Crippen LogP contribution in [-0.2, 0) is 21.5 Å². The Morgan fingerprint density at radius 1 is 1.39 bits per heavy atom. The van der Waals surface area contributed by atoms with Crippen LogP contribution >= 0.6 is 0 Å². The SMILES string of the molecule is C[C@@H]1CN(C(=O)CCNCc2cn[nH]c2C(C)(C)C)C[C@H](C)O1. The average molecular weight is 322 g/mol. The molecule has 1 amide bonds. The highest BCUT2D eigenvalue weighted by molar-refractivity contribution is 5.76. The second-order valence-electron chi connectivity index (χ2n) is 7.50. The molecule has 0 spiro atoms. The largest absolute Gasteiger partial charge is 0.372 e. The minimum Gasteiger partial charge on any atom is -0.372 e. The summed E-state index contributed by atoms with van der Waals surface area (Å²) in [6, 6.07) is 0. The van der Waals surface area contributed by atoms with Gasteiger partial charge in [0, 0.05) is 49.3 Å². The molecule has 0 bridgehead atoms. The number of aromatic amines is 1. The van der Waals surface area contributed by atoms with Crippen molar-refractivity contribution >= 4 is 5.91 Å². The maximum Gasteiger partial charge on any atom is 0.224 e. The van der Waals surface area contributed by atoms with Gasteiger partial charge in [0.15, 0.2) is 0 Å². The van der Waals surface area contributed by atoms with Crippen LogP contribution in [0, 0.1) is 0 Å². The number of ether oxygens (including phenoxy) is 1. The summed E-state index contributed by atoms with van der Waals surface area (Å²) in [4.78, 5) is 14.2. The van der Waals surface area contributed by atoms with Gasteiger partial charge in [-0.25, -0.2) is 0 Å². The van der Waals surface area contributed by atoms with Gasteiger partial charge in [0.2, 0.25) is 5.91 Å². The first kappa shape index (κ1) is 17.9. The zero-order valence-corrected chi connectivity index (χ0v) is 15.0. The molecule has 2 heterocycles. The predicted molar refractivity (Wildman–Crippen MR) is 90.2 cm³/mol. The molecular weight excluding hydrogens is 292 g/mol. The minimum absolute atomic E-state index is 0.0451. The Bertz CT molecular complexity index is 511. The Morgan fingerprint density at radius 2 is 2.04 bits per heavy atom. The van der Waals surface area contributed by atoms with Gasteiger partial charge in [-0.2, -0.15) is 5.10 Å². The third kappa shape index (κ3) is 5.04. The molecule has 0 saturated carbocycles. The molecule has 2 atom stereocenters. The van der Waals surface area contributed by atoms with E-state index in [0.29, 0.717) is 26.1 Å². The molecular formula is C17H30N4O2. The zero-order valence-electron chi connectivity index (χ0n) is 15.0. The van der Waals surface area contributed by atoms with Crippen LogP contribution in [0.3, 0.4) is 0 Å². The molecule has 130 valence electrons. The lowest BCUT2D eigenvalue weighted by atomic mass is 9.89. The molecule has 1 aliphatic rings. The van der Waals surface area contributed by atoms with Crippen LogP contribution in [0.2, 0.25) is 0 Å². The van der Waals surface area contributed by atoms with Crippen molar-refractivity contribution in [2.45, 2.75) is 65.2 Å². The molecule has 0 unspecified atom stereocenters. The smallest absolute Gasteiger partial charge is 0.224 e. The molecule has 0 radical (unpaired) electrons. The number of carbonyl (C=O) groups excluding carboxylic acids is 1. The molecule has 6 nitrogen and oxygen atoms in total. The van der Waals surface area contributed by atoms with Gasteiger partial charge >= 0.3 is 0 Å². The van der Waals surface area contributed by atoms with Crippen molar-refractivity contribution in [1.82, 2.24) is 20.4 Å². The van der Waals surface area contributed by atoms with Crippen molar-refractivity contribution in [3.05, 3.63) is 17.5 Å². The van der Waals surface area contributed by atoms with Crippen LogP contribution in [0.1, 0.15) is 52.3 Å². The Kier molecular flexibility index (Phi) is 5.81. The third-order valence-electron chi connectivity index (χ3n) is 4.07. The molecule has 1 fully saturated rings. The number of nitrogens with zero attached hydrogens (tertiary/aromatic N) is 2. The molecule has 2 rings (SSSR count). The quantitative estimate of drug-likeness (QED) is 0.811. The summed E-state index contributed by atoms with van der Waals surface area (Å²) in [6.07, 6.45) is 2.62. The Labute approximate surface area is 139 Å². The summed E-state index contributed by atoms with van der Waals surface area (Å²) in [5.74, 6) is 0.197. The van der Waals surface area contributed by atoms with E-state index in [0.717, 1.165) is 12.2 Å². The first-order chi connectivity index (χ1) is 10.8. The number of amides is 1. The number of rotatable bonds is 5. The fourth-order valence-corrected chi connectivity index (χ4v) is 3.05. The highest BCUT2D eigenvalue weighted by atomic mass is 16.5. The number of aromatic nitrogens is 2. The molecule has 1 saturated heterocycles.